The lowest BCUT2D eigenvalue weighted by molar-refractivity contribution is 0.629. The third kappa shape index (κ3) is 1.86. The van der Waals surface area contributed by atoms with Crippen molar-refractivity contribution in [3.05, 3.63) is 57.7 Å². The smallest absolute Gasteiger partial charge is 0.148 e. The molecule has 1 aromatic heterocycles. The van der Waals surface area contributed by atoms with Crippen molar-refractivity contribution in [2.24, 2.45) is 0 Å². The molecule has 0 saturated carbocycles. The molecule has 1 nitrogen and oxygen atoms in total. The molecule has 0 aliphatic heterocycles. The van der Waals surface area contributed by atoms with Crippen molar-refractivity contribution < 1.29 is 4.42 Å². The quantitative estimate of drug-likeness (QED) is 0.570. The van der Waals surface area contributed by atoms with Crippen LogP contribution in [-0.4, -0.2) is 0 Å². The van der Waals surface area contributed by atoms with E-state index in [0.29, 0.717) is 0 Å². The van der Waals surface area contributed by atoms with Crippen molar-refractivity contribution in [1.82, 2.24) is 0 Å². The number of halogens is 1. The number of furan rings is 1. The number of hydrogen-bond donors (Lipinski definition) is 0. The predicted octanol–water partition coefficient (Wildman–Crippen LogP) is 5.01. The first-order valence-corrected chi connectivity index (χ1v) is 6.57. The molecule has 0 unspecified atom stereocenters. The Morgan fingerprint density at radius 3 is 2.35 bits per heavy atom. The van der Waals surface area contributed by atoms with Crippen molar-refractivity contribution in [3.63, 3.8) is 0 Å². The Kier molecular flexibility index (Phi) is 2.67. The SMILES string of the molecule is Cc1ccc(-c2oc3ccccc3c2I)cc1. The molecule has 17 heavy (non-hydrogen) atoms. The Bertz CT molecular complexity index is 665. The second kappa shape index (κ2) is 4.18. The molecule has 3 aromatic rings. The van der Waals surface area contributed by atoms with Crippen molar-refractivity contribution >= 4 is 33.6 Å². The Morgan fingerprint density at radius 2 is 1.65 bits per heavy atom. The summed E-state index contributed by atoms with van der Waals surface area (Å²) >= 11 is 2.35. The number of rotatable bonds is 1. The van der Waals surface area contributed by atoms with Crippen molar-refractivity contribution in [1.29, 1.82) is 0 Å². The van der Waals surface area contributed by atoms with Gasteiger partial charge in [-0.25, -0.2) is 0 Å². The minimum Gasteiger partial charge on any atom is -0.455 e. The van der Waals surface area contributed by atoms with Gasteiger partial charge in [-0.15, -0.1) is 0 Å². The van der Waals surface area contributed by atoms with Gasteiger partial charge in [0.25, 0.3) is 0 Å². The summed E-state index contributed by atoms with van der Waals surface area (Å²) in [5, 5.41) is 1.18. The van der Waals surface area contributed by atoms with Gasteiger partial charge in [-0.1, -0.05) is 48.0 Å². The fraction of sp³-hybridized carbons (Fsp3) is 0.0667. The van der Waals surface area contributed by atoms with Gasteiger partial charge in [0, 0.05) is 10.9 Å². The zero-order valence-electron chi connectivity index (χ0n) is 9.41. The minimum absolute atomic E-state index is 0.951. The Hall–Kier alpha value is -1.29. The molecule has 0 aliphatic rings. The van der Waals surface area contributed by atoms with Crippen LogP contribution in [0.15, 0.2) is 52.9 Å². The van der Waals surface area contributed by atoms with Crippen molar-refractivity contribution in [2.75, 3.05) is 0 Å². The molecule has 0 N–H and O–H groups in total. The Labute approximate surface area is 114 Å². The Balaban J connectivity index is 2.24. The summed E-state index contributed by atoms with van der Waals surface area (Å²) in [6.07, 6.45) is 0. The molecule has 0 atom stereocenters. The lowest BCUT2D eigenvalue weighted by Gasteiger charge is -1.98. The number of benzene rings is 2. The van der Waals surface area contributed by atoms with Crippen LogP contribution in [-0.2, 0) is 0 Å². The highest BCUT2D eigenvalue weighted by atomic mass is 127. The maximum atomic E-state index is 5.92. The van der Waals surface area contributed by atoms with Crippen LogP contribution in [0.1, 0.15) is 5.56 Å². The third-order valence-corrected chi connectivity index (χ3v) is 3.92. The second-order valence-electron chi connectivity index (χ2n) is 4.11. The highest BCUT2D eigenvalue weighted by Gasteiger charge is 2.12. The lowest BCUT2D eigenvalue weighted by Crippen LogP contribution is -1.77. The summed E-state index contributed by atoms with van der Waals surface area (Å²) in [6, 6.07) is 16.6. The van der Waals surface area contributed by atoms with Gasteiger partial charge in [0.05, 0.1) is 3.57 Å². The number of fused-ring (bicyclic) bond motifs is 1. The van der Waals surface area contributed by atoms with Gasteiger partial charge in [0.2, 0.25) is 0 Å². The van der Waals surface area contributed by atoms with Crippen LogP contribution in [0.25, 0.3) is 22.3 Å². The van der Waals surface area contributed by atoms with E-state index in [2.05, 4.69) is 59.8 Å². The van der Waals surface area contributed by atoms with Crippen LogP contribution < -0.4 is 0 Å². The second-order valence-corrected chi connectivity index (χ2v) is 5.19. The van der Waals surface area contributed by atoms with Crippen LogP contribution >= 0.6 is 22.6 Å². The van der Waals surface area contributed by atoms with E-state index in [-0.39, 0.29) is 0 Å². The molecular formula is C15H11IO. The zero-order valence-corrected chi connectivity index (χ0v) is 11.6. The summed E-state index contributed by atoms with van der Waals surface area (Å²) in [4.78, 5) is 0. The van der Waals surface area contributed by atoms with Gasteiger partial charge in [-0.3, -0.25) is 0 Å². The Morgan fingerprint density at radius 1 is 0.941 bits per heavy atom. The highest BCUT2D eigenvalue weighted by Crippen LogP contribution is 2.34. The van der Waals surface area contributed by atoms with Crippen LogP contribution in [0.4, 0.5) is 0 Å². The van der Waals surface area contributed by atoms with Gasteiger partial charge in [0.1, 0.15) is 11.3 Å². The predicted molar refractivity (Wildman–Crippen MR) is 79.1 cm³/mol. The molecule has 0 aliphatic carbocycles. The molecule has 3 rings (SSSR count). The normalized spacial score (nSPS) is 10.9. The average molecular weight is 334 g/mol. The monoisotopic (exact) mass is 334 g/mol. The number of hydrogen-bond acceptors (Lipinski definition) is 1. The molecule has 2 aromatic carbocycles. The molecule has 0 amide bonds. The molecule has 1 heterocycles. The molecule has 84 valence electrons. The summed E-state index contributed by atoms with van der Waals surface area (Å²) in [6.45, 7) is 2.09. The van der Waals surface area contributed by atoms with E-state index in [1.165, 1.54) is 14.5 Å². The zero-order chi connectivity index (χ0) is 11.8. The first-order valence-electron chi connectivity index (χ1n) is 5.50. The molecule has 2 heteroatoms. The fourth-order valence-corrected chi connectivity index (χ4v) is 2.77. The van der Waals surface area contributed by atoms with Gasteiger partial charge in [-0.05, 0) is 35.6 Å². The van der Waals surface area contributed by atoms with Crippen LogP contribution in [0.2, 0.25) is 0 Å². The topological polar surface area (TPSA) is 13.1 Å². The van der Waals surface area contributed by atoms with Crippen LogP contribution in [0, 0.1) is 10.5 Å². The van der Waals surface area contributed by atoms with E-state index in [0.717, 1.165) is 16.9 Å². The van der Waals surface area contributed by atoms with E-state index in [4.69, 9.17) is 4.42 Å². The van der Waals surface area contributed by atoms with E-state index in [1.807, 2.05) is 18.2 Å². The van der Waals surface area contributed by atoms with Gasteiger partial charge >= 0.3 is 0 Å². The van der Waals surface area contributed by atoms with E-state index in [1.54, 1.807) is 0 Å². The van der Waals surface area contributed by atoms with Gasteiger partial charge < -0.3 is 4.42 Å². The molecular weight excluding hydrogens is 323 g/mol. The molecule has 0 spiro atoms. The minimum atomic E-state index is 0.951. The van der Waals surface area contributed by atoms with E-state index in [9.17, 15) is 0 Å². The largest absolute Gasteiger partial charge is 0.455 e. The molecule has 0 radical (unpaired) electrons. The van der Waals surface area contributed by atoms with Crippen molar-refractivity contribution in [2.45, 2.75) is 6.92 Å². The molecule has 0 saturated heterocycles. The summed E-state index contributed by atoms with van der Waals surface area (Å²) < 4.78 is 7.10. The molecule has 0 bridgehead atoms. The highest BCUT2D eigenvalue weighted by molar-refractivity contribution is 14.1. The first-order chi connectivity index (χ1) is 8.25. The number of aryl methyl sites for hydroxylation is 1. The lowest BCUT2D eigenvalue weighted by atomic mass is 10.1. The standard InChI is InChI=1S/C15H11IO/c1-10-6-8-11(9-7-10)15-14(16)12-4-2-3-5-13(12)17-15/h2-9H,1H3. The van der Waals surface area contributed by atoms with Gasteiger partial charge in [0.15, 0.2) is 0 Å². The summed E-state index contributed by atoms with van der Waals surface area (Å²) in [5.41, 5.74) is 3.35. The fourth-order valence-electron chi connectivity index (χ4n) is 1.90. The average Bonchev–Trinajstić information content (AvgIpc) is 2.69. The number of para-hydroxylation sites is 1. The van der Waals surface area contributed by atoms with Gasteiger partial charge in [-0.2, -0.15) is 0 Å². The van der Waals surface area contributed by atoms with Crippen LogP contribution in [0.5, 0.6) is 0 Å². The van der Waals surface area contributed by atoms with E-state index >= 15 is 0 Å². The van der Waals surface area contributed by atoms with Crippen molar-refractivity contribution in [3.8, 4) is 11.3 Å². The molecule has 0 fully saturated rings. The maximum absolute atomic E-state index is 5.92. The first kappa shape index (κ1) is 10.8. The van der Waals surface area contributed by atoms with Crippen LogP contribution in [0.3, 0.4) is 0 Å². The summed E-state index contributed by atoms with van der Waals surface area (Å²) in [5.74, 6) is 0.965. The van der Waals surface area contributed by atoms with E-state index < -0.39 is 0 Å². The third-order valence-electron chi connectivity index (χ3n) is 2.85. The maximum Gasteiger partial charge on any atom is 0.148 e. The summed E-state index contributed by atoms with van der Waals surface area (Å²) in [7, 11) is 0.